The van der Waals surface area contributed by atoms with Gasteiger partial charge in [0.05, 0.1) is 19.8 Å². The Hall–Kier alpha value is -0.120. The van der Waals surface area contributed by atoms with E-state index in [1.807, 2.05) is 0 Å². The van der Waals surface area contributed by atoms with Crippen LogP contribution < -0.4 is 0 Å². The highest BCUT2D eigenvalue weighted by molar-refractivity contribution is 4.49. The summed E-state index contributed by atoms with van der Waals surface area (Å²) in [5, 5.41) is 0. The predicted octanol–water partition coefficient (Wildman–Crippen LogP) is 2.16. The second kappa shape index (κ2) is 12.0. The molecule has 0 aliphatic carbocycles. The zero-order chi connectivity index (χ0) is 11.4. The first-order valence-corrected chi connectivity index (χ1v) is 6.15. The summed E-state index contributed by atoms with van der Waals surface area (Å²) in [4.78, 5) is 2.32. The number of rotatable bonds is 11. The normalized spacial score (nSPS) is 11.2. The zero-order valence-electron chi connectivity index (χ0n) is 10.6. The molecule has 0 heterocycles. The molecule has 3 heteroatoms. The molecular formula is C12H27NO2. The van der Waals surface area contributed by atoms with E-state index in [0.29, 0.717) is 0 Å². The van der Waals surface area contributed by atoms with Crippen LogP contribution in [0.2, 0.25) is 0 Å². The lowest BCUT2D eigenvalue weighted by Crippen LogP contribution is -2.24. The van der Waals surface area contributed by atoms with Gasteiger partial charge in [-0.05, 0) is 26.4 Å². The Morgan fingerprint density at radius 2 is 1.47 bits per heavy atom. The van der Waals surface area contributed by atoms with Crippen LogP contribution in [0.25, 0.3) is 0 Å². The van der Waals surface area contributed by atoms with E-state index in [0.717, 1.165) is 39.4 Å². The second-order valence-corrected chi connectivity index (χ2v) is 3.88. The van der Waals surface area contributed by atoms with Crippen molar-refractivity contribution in [3.8, 4) is 0 Å². The van der Waals surface area contributed by atoms with Crippen molar-refractivity contribution in [1.29, 1.82) is 0 Å². The molecule has 0 rings (SSSR count). The highest BCUT2D eigenvalue weighted by atomic mass is 16.5. The van der Waals surface area contributed by atoms with E-state index in [1.54, 1.807) is 0 Å². The minimum Gasteiger partial charge on any atom is -0.379 e. The standard InChI is InChI=1S/C12H27NO2/c1-4-6-7-13(3)8-10-15-12-11-14-9-5-2/h4-12H2,1-3H3. The van der Waals surface area contributed by atoms with E-state index in [9.17, 15) is 0 Å². The summed E-state index contributed by atoms with van der Waals surface area (Å²) in [6.45, 7) is 9.64. The third kappa shape index (κ3) is 11.8. The summed E-state index contributed by atoms with van der Waals surface area (Å²) >= 11 is 0. The van der Waals surface area contributed by atoms with Crippen LogP contribution in [0.15, 0.2) is 0 Å². The van der Waals surface area contributed by atoms with Crippen molar-refractivity contribution in [3.63, 3.8) is 0 Å². The van der Waals surface area contributed by atoms with E-state index in [2.05, 4.69) is 25.8 Å². The molecule has 0 saturated carbocycles. The first-order valence-electron chi connectivity index (χ1n) is 6.15. The van der Waals surface area contributed by atoms with Gasteiger partial charge in [0.2, 0.25) is 0 Å². The Balaban J connectivity index is 3.02. The molecule has 0 saturated heterocycles. The van der Waals surface area contributed by atoms with Gasteiger partial charge in [0.1, 0.15) is 0 Å². The summed E-state index contributed by atoms with van der Waals surface area (Å²) < 4.78 is 10.8. The summed E-state index contributed by atoms with van der Waals surface area (Å²) in [6, 6.07) is 0. The fourth-order valence-electron chi connectivity index (χ4n) is 1.23. The Labute approximate surface area is 94.7 Å². The maximum Gasteiger partial charge on any atom is 0.0701 e. The van der Waals surface area contributed by atoms with Crippen molar-refractivity contribution >= 4 is 0 Å². The second-order valence-electron chi connectivity index (χ2n) is 3.88. The van der Waals surface area contributed by atoms with Gasteiger partial charge in [-0.25, -0.2) is 0 Å². The number of unbranched alkanes of at least 4 members (excludes halogenated alkanes) is 1. The van der Waals surface area contributed by atoms with Gasteiger partial charge in [-0.2, -0.15) is 0 Å². The number of likely N-dealkylation sites (N-methyl/N-ethyl adjacent to an activating group) is 1. The van der Waals surface area contributed by atoms with Crippen molar-refractivity contribution in [1.82, 2.24) is 4.90 Å². The SMILES string of the molecule is CCCCN(C)CCOCCOCCC. The van der Waals surface area contributed by atoms with Crippen LogP contribution in [-0.4, -0.2) is 51.5 Å². The van der Waals surface area contributed by atoms with E-state index >= 15 is 0 Å². The molecule has 0 aromatic rings. The molecule has 15 heavy (non-hydrogen) atoms. The lowest BCUT2D eigenvalue weighted by molar-refractivity contribution is 0.0410. The van der Waals surface area contributed by atoms with Gasteiger partial charge < -0.3 is 14.4 Å². The van der Waals surface area contributed by atoms with Crippen molar-refractivity contribution in [2.24, 2.45) is 0 Å². The number of hydrogen-bond donors (Lipinski definition) is 0. The van der Waals surface area contributed by atoms with Crippen LogP contribution in [0.4, 0.5) is 0 Å². The predicted molar refractivity (Wildman–Crippen MR) is 64.3 cm³/mol. The average Bonchev–Trinajstić information content (AvgIpc) is 2.25. The van der Waals surface area contributed by atoms with Gasteiger partial charge in [-0.15, -0.1) is 0 Å². The van der Waals surface area contributed by atoms with Crippen molar-refractivity contribution in [3.05, 3.63) is 0 Å². The van der Waals surface area contributed by atoms with E-state index < -0.39 is 0 Å². The van der Waals surface area contributed by atoms with Gasteiger partial charge in [0.15, 0.2) is 0 Å². The molecule has 0 aliphatic heterocycles. The highest BCUT2D eigenvalue weighted by Gasteiger charge is 1.96. The zero-order valence-corrected chi connectivity index (χ0v) is 10.6. The van der Waals surface area contributed by atoms with Crippen LogP contribution in [0, 0.1) is 0 Å². The molecule has 0 amide bonds. The molecule has 0 aromatic heterocycles. The Morgan fingerprint density at radius 1 is 0.800 bits per heavy atom. The van der Waals surface area contributed by atoms with Crippen LogP contribution in [0.5, 0.6) is 0 Å². The molecule has 0 aliphatic rings. The molecule has 0 radical (unpaired) electrons. The fraction of sp³-hybridized carbons (Fsp3) is 1.00. The highest BCUT2D eigenvalue weighted by Crippen LogP contribution is 1.91. The molecule has 0 unspecified atom stereocenters. The lowest BCUT2D eigenvalue weighted by Gasteiger charge is -2.15. The molecule has 0 atom stereocenters. The summed E-state index contributed by atoms with van der Waals surface area (Å²) in [7, 11) is 2.15. The Morgan fingerprint density at radius 3 is 2.07 bits per heavy atom. The summed E-state index contributed by atoms with van der Waals surface area (Å²) in [5.41, 5.74) is 0. The van der Waals surface area contributed by atoms with Gasteiger partial charge in [0, 0.05) is 13.2 Å². The number of hydrogen-bond acceptors (Lipinski definition) is 3. The van der Waals surface area contributed by atoms with Crippen LogP contribution in [-0.2, 0) is 9.47 Å². The van der Waals surface area contributed by atoms with Gasteiger partial charge in [0.25, 0.3) is 0 Å². The molecule has 0 N–H and O–H groups in total. The van der Waals surface area contributed by atoms with Crippen LogP contribution >= 0.6 is 0 Å². The Bertz CT molecular complexity index is 120. The molecule has 3 nitrogen and oxygen atoms in total. The van der Waals surface area contributed by atoms with Gasteiger partial charge in [-0.3, -0.25) is 0 Å². The van der Waals surface area contributed by atoms with Gasteiger partial charge >= 0.3 is 0 Å². The van der Waals surface area contributed by atoms with Crippen LogP contribution in [0.3, 0.4) is 0 Å². The summed E-state index contributed by atoms with van der Waals surface area (Å²) in [5.74, 6) is 0. The fourth-order valence-corrected chi connectivity index (χ4v) is 1.23. The van der Waals surface area contributed by atoms with E-state index in [4.69, 9.17) is 9.47 Å². The van der Waals surface area contributed by atoms with Crippen molar-refractivity contribution in [2.45, 2.75) is 33.1 Å². The Kier molecular flexibility index (Phi) is 11.9. The molecule has 0 spiro atoms. The maximum absolute atomic E-state index is 5.46. The first-order chi connectivity index (χ1) is 7.31. The van der Waals surface area contributed by atoms with Crippen LogP contribution in [0.1, 0.15) is 33.1 Å². The molecule has 0 bridgehead atoms. The van der Waals surface area contributed by atoms with Crippen molar-refractivity contribution in [2.75, 3.05) is 46.6 Å². The minimum absolute atomic E-state index is 0.724. The quantitative estimate of drug-likeness (QED) is 0.495. The molecule has 0 fully saturated rings. The first kappa shape index (κ1) is 14.9. The number of ether oxygens (including phenoxy) is 2. The van der Waals surface area contributed by atoms with E-state index in [1.165, 1.54) is 19.4 Å². The monoisotopic (exact) mass is 217 g/mol. The lowest BCUT2D eigenvalue weighted by atomic mass is 10.3. The third-order valence-electron chi connectivity index (χ3n) is 2.23. The smallest absolute Gasteiger partial charge is 0.0701 e. The largest absolute Gasteiger partial charge is 0.379 e. The number of nitrogens with zero attached hydrogens (tertiary/aromatic N) is 1. The average molecular weight is 217 g/mol. The summed E-state index contributed by atoms with van der Waals surface area (Å²) in [6.07, 6.45) is 3.62. The topological polar surface area (TPSA) is 21.7 Å². The van der Waals surface area contributed by atoms with E-state index in [-0.39, 0.29) is 0 Å². The minimum atomic E-state index is 0.724. The third-order valence-corrected chi connectivity index (χ3v) is 2.23. The van der Waals surface area contributed by atoms with Gasteiger partial charge in [-0.1, -0.05) is 20.3 Å². The maximum atomic E-state index is 5.46. The molecule has 0 aromatic carbocycles. The molecule has 92 valence electrons. The van der Waals surface area contributed by atoms with Crippen molar-refractivity contribution < 1.29 is 9.47 Å². The molecular weight excluding hydrogens is 190 g/mol.